The molecule has 5 nitrogen and oxygen atoms in total. The molecule has 0 unspecified atom stereocenters. The van der Waals surface area contributed by atoms with E-state index in [4.69, 9.17) is 4.74 Å². The van der Waals surface area contributed by atoms with Crippen molar-refractivity contribution in [2.75, 3.05) is 26.0 Å². The summed E-state index contributed by atoms with van der Waals surface area (Å²) < 4.78 is 5.20. The first kappa shape index (κ1) is 16.0. The summed E-state index contributed by atoms with van der Waals surface area (Å²) >= 11 is 1.59. The molecule has 0 aliphatic carbocycles. The van der Waals surface area contributed by atoms with Crippen LogP contribution in [0, 0.1) is 0 Å². The van der Waals surface area contributed by atoms with Crippen LogP contribution in [-0.2, 0) is 24.2 Å². The van der Waals surface area contributed by atoms with E-state index in [-0.39, 0.29) is 5.91 Å². The van der Waals surface area contributed by atoms with E-state index in [0.29, 0.717) is 12.8 Å². The molecular weight excluding hydrogens is 310 g/mol. The van der Waals surface area contributed by atoms with Crippen LogP contribution < -0.4 is 10.1 Å². The number of thiazole rings is 1. The molecule has 1 amide bonds. The number of methoxy groups -OCH3 is 1. The fourth-order valence-electron chi connectivity index (χ4n) is 2.64. The Morgan fingerprint density at radius 1 is 1.48 bits per heavy atom. The highest BCUT2D eigenvalue weighted by Gasteiger charge is 2.19. The maximum Gasteiger partial charge on any atom is 0.226 e. The van der Waals surface area contributed by atoms with E-state index >= 15 is 0 Å². The van der Waals surface area contributed by atoms with Crippen molar-refractivity contribution in [1.29, 1.82) is 0 Å². The predicted octanol–water partition coefficient (Wildman–Crippen LogP) is 2.71. The highest BCUT2D eigenvalue weighted by atomic mass is 32.1. The highest BCUT2D eigenvalue weighted by Crippen LogP contribution is 2.27. The van der Waals surface area contributed by atoms with Gasteiger partial charge in [0.2, 0.25) is 5.91 Å². The van der Waals surface area contributed by atoms with Crippen molar-refractivity contribution in [3.63, 3.8) is 0 Å². The van der Waals surface area contributed by atoms with Gasteiger partial charge in [-0.3, -0.25) is 4.79 Å². The fourth-order valence-corrected chi connectivity index (χ4v) is 3.75. The fraction of sp³-hybridized carbons (Fsp3) is 0.412. The second-order valence-corrected chi connectivity index (χ2v) is 6.86. The number of hydrogen-bond donors (Lipinski definition) is 1. The van der Waals surface area contributed by atoms with Gasteiger partial charge in [0, 0.05) is 30.8 Å². The lowest BCUT2D eigenvalue weighted by atomic mass is 10.1. The van der Waals surface area contributed by atoms with E-state index < -0.39 is 0 Å². The molecule has 0 fully saturated rings. The van der Waals surface area contributed by atoms with Crippen molar-refractivity contribution in [2.24, 2.45) is 0 Å². The summed E-state index contributed by atoms with van der Waals surface area (Å²) in [6.07, 6.45) is 2.09. The van der Waals surface area contributed by atoms with Crippen LogP contribution >= 0.6 is 11.3 Å². The molecule has 2 heterocycles. The summed E-state index contributed by atoms with van der Waals surface area (Å²) in [5.41, 5.74) is 2.23. The monoisotopic (exact) mass is 331 g/mol. The molecule has 3 rings (SSSR count). The van der Waals surface area contributed by atoms with Crippen LogP contribution in [0.5, 0.6) is 5.75 Å². The van der Waals surface area contributed by atoms with Gasteiger partial charge < -0.3 is 15.0 Å². The normalized spacial score (nSPS) is 14.3. The van der Waals surface area contributed by atoms with Crippen LogP contribution in [0.3, 0.4) is 0 Å². The number of aryl methyl sites for hydroxylation is 1. The Hall–Kier alpha value is -1.92. The maximum atomic E-state index is 12.1. The molecule has 0 bridgehead atoms. The van der Waals surface area contributed by atoms with Crippen LogP contribution in [0.1, 0.15) is 22.6 Å². The number of likely N-dealkylation sites (N-methyl/N-ethyl adjacent to an activating group) is 1. The molecule has 0 radical (unpaired) electrons. The summed E-state index contributed by atoms with van der Waals surface area (Å²) in [7, 11) is 3.75. The molecule has 23 heavy (non-hydrogen) atoms. The number of benzene rings is 1. The number of aromatic nitrogens is 1. The van der Waals surface area contributed by atoms with E-state index in [2.05, 4.69) is 22.2 Å². The Bertz CT molecular complexity index is 699. The Morgan fingerprint density at radius 2 is 2.35 bits per heavy atom. The third-order valence-corrected chi connectivity index (χ3v) is 4.94. The second kappa shape index (κ2) is 7.10. The van der Waals surface area contributed by atoms with Gasteiger partial charge >= 0.3 is 0 Å². The number of carbonyl (C=O) groups excluding carboxylic acids is 1. The Morgan fingerprint density at radius 3 is 3.17 bits per heavy atom. The molecule has 0 atom stereocenters. The molecule has 0 spiro atoms. The zero-order chi connectivity index (χ0) is 16.2. The first-order chi connectivity index (χ1) is 11.1. The van der Waals surface area contributed by atoms with Crippen LogP contribution in [0.25, 0.3) is 0 Å². The number of hydrogen-bond acceptors (Lipinski definition) is 5. The van der Waals surface area contributed by atoms with Crippen molar-refractivity contribution >= 4 is 22.4 Å². The third kappa shape index (κ3) is 4.09. The minimum atomic E-state index is 0.00673. The predicted molar refractivity (Wildman–Crippen MR) is 92.1 cm³/mol. The van der Waals surface area contributed by atoms with Gasteiger partial charge in [0.25, 0.3) is 0 Å². The lowest BCUT2D eigenvalue weighted by molar-refractivity contribution is -0.116. The Labute approximate surface area is 140 Å². The quantitative estimate of drug-likeness (QED) is 0.915. The number of nitrogens with zero attached hydrogens (tertiary/aromatic N) is 2. The smallest absolute Gasteiger partial charge is 0.226 e. The summed E-state index contributed by atoms with van der Waals surface area (Å²) in [6, 6.07) is 7.82. The van der Waals surface area contributed by atoms with E-state index in [1.807, 2.05) is 24.3 Å². The van der Waals surface area contributed by atoms with Crippen LogP contribution in [0.2, 0.25) is 0 Å². The standard InChI is InChI=1S/C17H21N3O2S/c1-20-9-8-14-15(11-20)23-17(18-14)19-16(21)7-6-12-4-3-5-13(10-12)22-2/h3-5,10H,6-9,11H2,1-2H3,(H,18,19,21). The maximum absolute atomic E-state index is 12.1. The van der Waals surface area contributed by atoms with Gasteiger partial charge in [-0.15, -0.1) is 11.3 Å². The van der Waals surface area contributed by atoms with Crippen LogP contribution in [0.15, 0.2) is 24.3 Å². The largest absolute Gasteiger partial charge is 0.497 e. The summed E-state index contributed by atoms with van der Waals surface area (Å²) in [4.78, 5) is 20.2. The van der Waals surface area contributed by atoms with Gasteiger partial charge in [0.15, 0.2) is 5.13 Å². The molecule has 1 aromatic heterocycles. The molecule has 1 aromatic carbocycles. The number of amides is 1. The van der Waals surface area contributed by atoms with Gasteiger partial charge in [-0.05, 0) is 31.2 Å². The molecule has 2 aromatic rings. The minimum Gasteiger partial charge on any atom is -0.497 e. The van der Waals surface area contributed by atoms with Crippen molar-refractivity contribution in [3.8, 4) is 5.75 Å². The summed E-state index contributed by atoms with van der Waals surface area (Å²) in [5.74, 6) is 0.826. The van der Waals surface area contributed by atoms with E-state index in [1.165, 1.54) is 4.88 Å². The minimum absolute atomic E-state index is 0.00673. The molecule has 1 aliphatic heterocycles. The number of nitrogens with one attached hydrogen (secondary N) is 1. The average molecular weight is 331 g/mol. The van der Waals surface area contributed by atoms with Gasteiger partial charge in [-0.1, -0.05) is 12.1 Å². The van der Waals surface area contributed by atoms with Crippen LogP contribution in [-0.4, -0.2) is 36.5 Å². The topological polar surface area (TPSA) is 54.5 Å². The molecular formula is C17H21N3O2S. The third-order valence-electron chi connectivity index (χ3n) is 3.94. The van der Waals surface area contributed by atoms with Crippen molar-refractivity contribution in [3.05, 3.63) is 40.4 Å². The van der Waals surface area contributed by atoms with Gasteiger partial charge in [-0.25, -0.2) is 4.98 Å². The zero-order valence-corrected chi connectivity index (χ0v) is 14.3. The Balaban J connectivity index is 1.55. The summed E-state index contributed by atoms with van der Waals surface area (Å²) in [6.45, 7) is 1.95. The van der Waals surface area contributed by atoms with Crippen molar-refractivity contribution in [1.82, 2.24) is 9.88 Å². The lowest BCUT2D eigenvalue weighted by Crippen LogP contribution is -2.25. The Kier molecular flexibility index (Phi) is 4.93. The molecule has 0 saturated heterocycles. The van der Waals surface area contributed by atoms with Gasteiger partial charge in [0.1, 0.15) is 5.75 Å². The number of fused-ring (bicyclic) bond motifs is 1. The van der Waals surface area contributed by atoms with Crippen molar-refractivity contribution < 1.29 is 9.53 Å². The lowest BCUT2D eigenvalue weighted by Gasteiger charge is -2.20. The van der Waals surface area contributed by atoms with Gasteiger partial charge in [-0.2, -0.15) is 0 Å². The first-order valence-electron chi connectivity index (χ1n) is 7.74. The number of carbonyl (C=O) groups is 1. The van der Waals surface area contributed by atoms with Crippen LogP contribution in [0.4, 0.5) is 5.13 Å². The SMILES string of the molecule is COc1cccc(CCC(=O)Nc2nc3c(s2)CN(C)CC3)c1. The molecule has 0 saturated carbocycles. The average Bonchev–Trinajstić information content (AvgIpc) is 2.94. The number of rotatable bonds is 5. The summed E-state index contributed by atoms with van der Waals surface area (Å²) in [5, 5.41) is 3.65. The molecule has 1 aliphatic rings. The number of ether oxygens (including phenoxy) is 1. The molecule has 6 heteroatoms. The zero-order valence-electron chi connectivity index (χ0n) is 13.5. The van der Waals surface area contributed by atoms with Crippen molar-refractivity contribution in [2.45, 2.75) is 25.8 Å². The van der Waals surface area contributed by atoms with E-state index in [1.54, 1.807) is 18.4 Å². The van der Waals surface area contributed by atoms with Gasteiger partial charge in [0.05, 0.1) is 12.8 Å². The first-order valence-corrected chi connectivity index (χ1v) is 8.55. The molecule has 122 valence electrons. The molecule has 1 N–H and O–H groups in total. The highest BCUT2D eigenvalue weighted by molar-refractivity contribution is 7.15. The van der Waals surface area contributed by atoms with E-state index in [0.717, 1.165) is 41.6 Å². The second-order valence-electron chi connectivity index (χ2n) is 5.78. The van der Waals surface area contributed by atoms with E-state index in [9.17, 15) is 4.79 Å². The number of anilines is 1.